The average molecular weight is 351 g/mol. The first-order valence-corrected chi connectivity index (χ1v) is 7.64. The van der Waals surface area contributed by atoms with Gasteiger partial charge in [-0.05, 0) is 30.7 Å². The van der Waals surface area contributed by atoms with Crippen LogP contribution in [0.5, 0.6) is 5.88 Å². The molecule has 25 heavy (non-hydrogen) atoms. The number of benzene rings is 1. The van der Waals surface area contributed by atoms with Gasteiger partial charge in [0.2, 0.25) is 5.88 Å². The van der Waals surface area contributed by atoms with E-state index < -0.39 is 11.7 Å². The van der Waals surface area contributed by atoms with Crippen LogP contribution in [0.25, 0.3) is 0 Å². The molecule has 0 spiro atoms. The number of alkyl halides is 3. The summed E-state index contributed by atoms with van der Waals surface area (Å²) in [7, 11) is 0. The van der Waals surface area contributed by atoms with Crippen molar-refractivity contribution in [2.45, 2.75) is 19.2 Å². The lowest BCUT2D eigenvalue weighted by Crippen LogP contribution is -2.57. The number of rotatable bonds is 3. The molecule has 5 nitrogen and oxygen atoms in total. The Morgan fingerprint density at radius 3 is 2.72 bits per heavy atom. The van der Waals surface area contributed by atoms with Crippen molar-refractivity contribution in [3.05, 3.63) is 53.7 Å². The number of nitrogens with one attached hydrogen (secondary N) is 1. The number of likely N-dealkylation sites (tertiary alicyclic amines) is 1. The number of aromatic nitrogens is 1. The first-order valence-electron chi connectivity index (χ1n) is 7.64. The molecule has 0 bridgehead atoms. The number of aryl methyl sites for hydroxylation is 1. The Kier molecular flexibility index (Phi) is 4.52. The molecule has 1 aliphatic heterocycles. The number of urea groups is 1. The molecule has 0 aliphatic carbocycles. The van der Waals surface area contributed by atoms with Gasteiger partial charge in [-0.15, -0.1) is 0 Å². The van der Waals surface area contributed by atoms with Crippen LogP contribution in [0.4, 0.5) is 23.7 Å². The van der Waals surface area contributed by atoms with Crippen molar-refractivity contribution < 1.29 is 22.7 Å². The molecule has 1 fully saturated rings. The standard InChI is InChI=1S/C17H16F3N3O2/c1-11-3-2-4-13(7-11)22-16(24)23-9-14(10-23)25-15-8-12(5-6-21-15)17(18,19)20/h2-8,14H,9-10H2,1H3,(H,22,24). The second kappa shape index (κ2) is 6.62. The number of nitrogens with zero attached hydrogens (tertiary/aromatic N) is 2. The molecule has 0 radical (unpaired) electrons. The summed E-state index contributed by atoms with van der Waals surface area (Å²) in [6.07, 6.45) is -3.77. The average Bonchev–Trinajstić information content (AvgIpc) is 2.50. The number of carbonyl (C=O) groups is 1. The number of hydrogen-bond donors (Lipinski definition) is 1. The summed E-state index contributed by atoms with van der Waals surface area (Å²) in [5.74, 6) is -0.0985. The fraction of sp³-hybridized carbons (Fsp3) is 0.294. The molecule has 2 amide bonds. The monoisotopic (exact) mass is 351 g/mol. The van der Waals surface area contributed by atoms with E-state index in [1.54, 1.807) is 6.07 Å². The fourth-order valence-corrected chi connectivity index (χ4v) is 2.42. The number of hydrogen-bond acceptors (Lipinski definition) is 3. The van der Waals surface area contributed by atoms with Gasteiger partial charge < -0.3 is 15.0 Å². The maximum Gasteiger partial charge on any atom is 0.416 e. The minimum absolute atomic E-state index is 0.0985. The lowest BCUT2D eigenvalue weighted by atomic mass is 10.2. The number of halogens is 3. The van der Waals surface area contributed by atoms with Gasteiger partial charge >= 0.3 is 12.2 Å². The van der Waals surface area contributed by atoms with Gasteiger partial charge in [-0.25, -0.2) is 9.78 Å². The van der Waals surface area contributed by atoms with Crippen LogP contribution in [0.15, 0.2) is 42.6 Å². The summed E-state index contributed by atoms with van der Waals surface area (Å²) < 4.78 is 43.4. The zero-order valence-corrected chi connectivity index (χ0v) is 13.4. The Morgan fingerprint density at radius 1 is 1.28 bits per heavy atom. The van der Waals surface area contributed by atoms with E-state index in [-0.39, 0.29) is 31.1 Å². The molecule has 2 aromatic rings. The highest BCUT2D eigenvalue weighted by Gasteiger charge is 2.34. The van der Waals surface area contributed by atoms with Crippen LogP contribution in [-0.4, -0.2) is 35.1 Å². The van der Waals surface area contributed by atoms with Crippen molar-refractivity contribution in [1.82, 2.24) is 9.88 Å². The quantitative estimate of drug-likeness (QED) is 0.917. The van der Waals surface area contributed by atoms with Gasteiger partial charge in [0.25, 0.3) is 0 Å². The molecule has 8 heteroatoms. The van der Waals surface area contributed by atoms with Crippen molar-refractivity contribution in [2.75, 3.05) is 18.4 Å². The molecule has 0 atom stereocenters. The Morgan fingerprint density at radius 2 is 2.04 bits per heavy atom. The molecule has 132 valence electrons. The summed E-state index contributed by atoms with van der Waals surface area (Å²) in [5, 5.41) is 2.77. The highest BCUT2D eigenvalue weighted by Crippen LogP contribution is 2.31. The van der Waals surface area contributed by atoms with Gasteiger partial charge in [0.1, 0.15) is 6.10 Å². The fourth-order valence-electron chi connectivity index (χ4n) is 2.42. The van der Waals surface area contributed by atoms with Gasteiger partial charge in [-0.3, -0.25) is 0 Å². The molecule has 2 heterocycles. The maximum absolute atomic E-state index is 12.7. The molecule has 1 N–H and O–H groups in total. The van der Waals surface area contributed by atoms with Crippen LogP contribution in [0.2, 0.25) is 0 Å². The van der Waals surface area contributed by atoms with E-state index in [4.69, 9.17) is 4.74 Å². The Hall–Kier alpha value is -2.77. The van der Waals surface area contributed by atoms with Gasteiger partial charge in [-0.1, -0.05) is 12.1 Å². The summed E-state index contributed by atoms with van der Waals surface area (Å²) in [4.78, 5) is 17.4. The third-order valence-electron chi connectivity index (χ3n) is 3.75. The lowest BCUT2D eigenvalue weighted by Gasteiger charge is -2.38. The molecule has 0 unspecified atom stereocenters. The first kappa shape index (κ1) is 17.1. The first-order chi connectivity index (χ1) is 11.8. The second-order valence-corrected chi connectivity index (χ2v) is 5.82. The zero-order valence-electron chi connectivity index (χ0n) is 13.4. The molecule has 1 aromatic carbocycles. The number of ether oxygens (including phenoxy) is 1. The third-order valence-corrected chi connectivity index (χ3v) is 3.75. The summed E-state index contributed by atoms with van der Waals surface area (Å²) in [6.45, 7) is 2.50. The number of anilines is 1. The van der Waals surface area contributed by atoms with Crippen LogP contribution >= 0.6 is 0 Å². The van der Waals surface area contributed by atoms with E-state index in [0.717, 1.165) is 23.9 Å². The van der Waals surface area contributed by atoms with Crippen molar-refractivity contribution in [3.63, 3.8) is 0 Å². The van der Waals surface area contributed by atoms with Gasteiger partial charge in [0, 0.05) is 18.0 Å². The smallest absolute Gasteiger partial charge is 0.416 e. The molecule has 1 saturated heterocycles. The van der Waals surface area contributed by atoms with E-state index in [0.29, 0.717) is 5.69 Å². The van der Waals surface area contributed by atoms with Crippen molar-refractivity contribution in [1.29, 1.82) is 0 Å². The molecular weight excluding hydrogens is 335 g/mol. The minimum Gasteiger partial charge on any atom is -0.471 e. The Bertz CT molecular complexity index is 774. The highest BCUT2D eigenvalue weighted by atomic mass is 19.4. The van der Waals surface area contributed by atoms with E-state index in [1.165, 1.54) is 4.90 Å². The Balaban J connectivity index is 1.52. The molecular formula is C17H16F3N3O2. The lowest BCUT2D eigenvalue weighted by molar-refractivity contribution is -0.137. The second-order valence-electron chi connectivity index (χ2n) is 5.82. The predicted molar refractivity (Wildman–Crippen MR) is 85.4 cm³/mol. The van der Waals surface area contributed by atoms with Crippen molar-refractivity contribution in [3.8, 4) is 5.88 Å². The third kappa shape index (κ3) is 4.20. The van der Waals surface area contributed by atoms with Gasteiger partial charge in [0.05, 0.1) is 18.7 Å². The largest absolute Gasteiger partial charge is 0.471 e. The molecule has 3 rings (SSSR count). The van der Waals surface area contributed by atoms with Crippen LogP contribution < -0.4 is 10.1 Å². The molecule has 1 aliphatic rings. The Labute approximate surface area is 142 Å². The van der Waals surface area contributed by atoms with Crippen LogP contribution in [-0.2, 0) is 6.18 Å². The van der Waals surface area contributed by atoms with Crippen LogP contribution in [0, 0.1) is 6.92 Å². The predicted octanol–water partition coefficient (Wildman–Crippen LogP) is 3.70. The maximum atomic E-state index is 12.7. The molecule has 1 aromatic heterocycles. The van der Waals surface area contributed by atoms with Crippen LogP contribution in [0.1, 0.15) is 11.1 Å². The minimum atomic E-state index is -4.44. The van der Waals surface area contributed by atoms with Crippen LogP contribution in [0.3, 0.4) is 0 Å². The molecule has 0 saturated carbocycles. The number of pyridine rings is 1. The SMILES string of the molecule is Cc1cccc(NC(=O)N2CC(Oc3cc(C(F)(F)F)ccn3)C2)c1. The van der Waals surface area contributed by atoms with Crippen molar-refractivity contribution in [2.24, 2.45) is 0 Å². The number of carbonyl (C=O) groups excluding carboxylic acids is 1. The van der Waals surface area contributed by atoms with Gasteiger partial charge in [0.15, 0.2) is 0 Å². The topological polar surface area (TPSA) is 54.5 Å². The van der Waals surface area contributed by atoms with Gasteiger partial charge in [-0.2, -0.15) is 13.2 Å². The van der Waals surface area contributed by atoms with E-state index >= 15 is 0 Å². The summed E-state index contributed by atoms with van der Waals surface area (Å²) >= 11 is 0. The normalized spacial score (nSPS) is 14.8. The van der Waals surface area contributed by atoms with E-state index in [2.05, 4.69) is 10.3 Å². The summed E-state index contributed by atoms with van der Waals surface area (Å²) in [5.41, 5.74) is 0.901. The summed E-state index contributed by atoms with van der Waals surface area (Å²) in [6, 6.07) is 8.86. The highest BCUT2D eigenvalue weighted by molar-refractivity contribution is 5.90. The number of amides is 2. The zero-order chi connectivity index (χ0) is 18.0. The van der Waals surface area contributed by atoms with E-state index in [9.17, 15) is 18.0 Å². The van der Waals surface area contributed by atoms with E-state index in [1.807, 2.05) is 25.1 Å². The van der Waals surface area contributed by atoms with Crippen molar-refractivity contribution >= 4 is 11.7 Å².